The molecule has 0 radical (unpaired) electrons. The second-order valence-electron chi connectivity index (χ2n) is 4.98. The van der Waals surface area contributed by atoms with Gasteiger partial charge < -0.3 is 11.1 Å². The Bertz CT molecular complexity index is 880. The molecule has 0 unspecified atom stereocenters. The Hall–Kier alpha value is -3.08. The normalized spacial score (nSPS) is 10.6. The van der Waals surface area contributed by atoms with Gasteiger partial charge in [0, 0.05) is 18.5 Å². The first-order valence-electron chi connectivity index (χ1n) is 6.85. The lowest BCUT2D eigenvalue weighted by Gasteiger charge is -2.08. The van der Waals surface area contributed by atoms with Crippen LogP contribution in [0, 0.1) is 0 Å². The van der Waals surface area contributed by atoms with Gasteiger partial charge in [0.05, 0.1) is 22.5 Å². The molecule has 5 heteroatoms. The molecule has 3 rings (SSSR count). The van der Waals surface area contributed by atoms with Gasteiger partial charge in [-0.2, -0.15) is 0 Å². The Morgan fingerprint density at radius 2 is 1.68 bits per heavy atom. The number of para-hydroxylation sites is 2. The molecule has 3 aromatic rings. The fourth-order valence-corrected chi connectivity index (χ4v) is 2.49. The molecule has 3 N–H and O–H groups in total. The highest BCUT2D eigenvalue weighted by Gasteiger charge is 2.13. The maximum absolute atomic E-state index is 11.8. The summed E-state index contributed by atoms with van der Waals surface area (Å²) in [6.07, 6.45) is 1.73. The van der Waals surface area contributed by atoms with Gasteiger partial charge in [0.25, 0.3) is 5.91 Å². The minimum Gasteiger partial charge on any atom is -0.366 e. The van der Waals surface area contributed by atoms with Crippen LogP contribution in [0.1, 0.15) is 22.1 Å². The number of fused-ring (bicyclic) bond motifs is 1. The molecule has 1 heterocycles. The fraction of sp³-hybridized carbons (Fsp3) is 0.0588. The average molecular weight is 293 g/mol. The lowest BCUT2D eigenvalue weighted by molar-refractivity contribution is 0.0940. The topological polar surface area (TPSA) is 77.1 Å². The first kappa shape index (κ1) is 13.9. The lowest BCUT2D eigenvalue weighted by Crippen LogP contribution is -2.13. The van der Waals surface area contributed by atoms with Gasteiger partial charge in [0.1, 0.15) is 0 Å². The van der Waals surface area contributed by atoms with Crippen molar-refractivity contribution in [3.63, 3.8) is 0 Å². The van der Waals surface area contributed by atoms with E-state index in [4.69, 9.17) is 5.73 Å². The smallest absolute Gasteiger partial charge is 0.250 e. The monoisotopic (exact) mass is 293 g/mol. The molecule has 0 saturated heterocycles. The molecule has 1 aromatic heterocycles. The molecule has 0 spiro atoms. The standard InChI is InChI=1S/C17H15N3O2/c1-11(21)20-10-15(12-6-3-5-9-16(12)20)19-14-8-4-2-7-13(14)17(18)22/h2-10,19H,1H3,(H2,18,22). The van der Waals surface area contributed by atoms with Gasteiger partial charge in [0.2, 0.25) is 5.91 Å². The van der Waals surface area contributed by atoms with E-state index in [2.05, 4.69) is 5.32 Å². The van der Waals surface area contributed by atoms with Gasteiger partial charge in [-0.25, -0.2) is 0 Å². The zero-order valence-electron chi connectivity index (χ0n) is 12.0. The molecular formula is C17H15N3O2. The minimum atomic E-state index is -0.501. The van der Waals surface area contributed by atoms with Gasteiger partial charge in [-0.3, -0.25) is 14.2 Å². The van der Waals surface area contributed by atoms with Crippen LogP contribution in [0.4, 0.5) is 11.4 Å². The van der Waals surface area contributed by atoms with Crippen molar-refractivity contribution in [1.29, 1.82) is 0 Å². The molecule has 0 aliphatic heterocycles. The number of benzene rings is 2. The maximum Gasteiger partial charge on any atom is 0.250 e. The van der Waals surface area contributed by atoms with Gasteiger partial charge in [-0.05, 0) is 18.2 Å². The largest absolute Gasteiger partial charge is 0.366 e. The van der Waals surface area contributed by atoms with E-state index < -0.39 is 5.91 Å². The number of nitrogens with two attached hydrogens (primary N) is 1. The zero-order chi connectivity index (χ0) is 15.7. The first-order valence-corrected chi connectivity index (χ1v) is 6.85. The number of anilines is 2. The van der Waals surface area contributed by atoms with Crippen LogP contribution in [0.3, 0.4) is 0 Å². The quantitative estimate of drug-likeness (QED) is 0.778. The van der Waals surface area contributed by atoms with Crippen molar-refractivity contribution in [3.05, 3.63) is 60.3 Å². The number of hydrogen-bond acceptors (Lipinski definition) is 3. The van der Waals surface area contributed by atoms with Gasteiger partial charge in [-0.15, -0.1) is 0 Å². The molecular weight excluding hydrogens is 278 g/mol. The molecule has 5 nitrogen and oxygen atoms in total. The highest BCUT2D eigenvalue weighted by molar-refractivity contribution is 6.03. The third-order valence-electron chi connectivity index (χ3n) is 3.51. The molecule has 0 bridgehead atoms. The number of rotatable bonds is 3. The highest BCUT2D eigenvalue weighted by Crippen LogP contribution is 2.29. The summed E-state index contributed by atoms with van der Waals surface area (Å²) < 4.78 is 1.57. The van der Waals surface area contributed by atoms with E-state index in [9.17, 15) is 9.59 Å². The van der Waals surface area contributed by atoms with Crippen molar-refractivity contribution < 1.29 is 9.59 Å². The highest BCUT2D eigenvalue weighted by atomic mass is 16.2. The molecule has 22 heavy (non-hydrogen) atoms. The predicted octanol–water partition coefficient (Wildman–Crippen LogP) is 3.14. The number of amides is 1. The summed E-state index contributed by atoms with van der Waals surface area (Å²) >= 11 is 0. The Morgan fingerprint density at radius 3 is 2.41 bits per heavy atom. The number of hydrogen-bond donors (Lipinski definition) is 2. The number of carbonyl (C=O) groups excluding carboxylic acids is 2. The SMILES string of the molecule is CC(=O)n1cc(Nc2ccccc2C(N)=O)c2ccccc21. The minimum absolute atomic E-state index is 0.0764. The van der Waals surface area contributed by atoms with Crippen molar-refractivity contribution in [2.24, 2.45) is 5.73 Å². The summed E-state index contributed by atoms with van der Waals surface area (Å²) in [5, 5.41) is 4.10. The van der Waals surface area contributed by atoms with E-state index in [-0.39, 0.29) is 5.91 Å². The fourth-order valence-electron chi connectivity index (χ4n) is 2.49. The van der Waals surface area contributed by atoms with Crippen LogP contribution in [0.15, 0.2) is 54.7 Å². The summed E-state index contributed by atoms with van der Waals surface area (Å²) in [7, 11) is 0. The molecule has 0 aliphatic carbocycles. The summed E-state index contributed by atoms with van der Waals surface area (Å²) in [6.45, 7) is 1.51. The second-order valence-corrected chi connectivity index (χ2v) is 4.98. The lowest BCUT2D eigenvalue weighted by atomic mass is 10.1. The van der Waals surface area contributed by atoms with Crippen LogP contribution in [0.2, 0.25) is 0 Å². The van der Waals surface area contributed by atoms with Crippen LogP contribution in [-0.4, -0.2) is 16.4 Å². The summed E-state index contributed by atoms with van der Waals surface area (Å²) in [6, 6.07) is 14.6. The molecule has 0 atom stereocenters. The third kappa shape index (κ3) is 2.33. The Labute approximate surface area is 127 Å². The van der Waals surface area contributed by atoms with Crippen LogP contribution >= 0.6 is 0 Å². The van der Waals surface area contributed by atoms with E-state index in [1.165, 1.54) is 6.92 Å². The zero-order valence-corrected chi connectivity index (χ0v) is 12.0. The van der Waals surface area contributed by atoms with Gasteiger partial charge in [-0.1, -0.05) is 30.3 Å². The van der Waals surface area contributed by atoms with Crippen molar-refractivity contribution >= 4 is 34.1 Å². The number of primary amides is 1. The number of nitrogens with one attached hydrogen (secondary N) is 1. The Balaban J connectivity index is 2.13. The van der Waals surface area contributed by atoms with E-state index >= 15 is 0 Å². The van der Waals surface area contributed by atoms with Crippen LogP contribution in [-0.2, 0) is 0 Å². The maximum atomic E-state index is 11.8. The molecule has 110 valence electrons. The number of aromatic nitrogens is 1. The van der Waals surface area contributed by atoms with Crippen molar-refractivity contribution in [2.75, 3.05) is 5.32 Å². The second kappa shape index (κ2) is 5.37. The Morgan fingerprint density at radius 1 is 1.00 bits per heavy atom. The van der Waals surface area contributed by atoms with E-state index in [1.54, 1.807) is 29.0 Å². The molecule has 2 aromatic carbocycles. The van der Waals surface area contributed by atoms with Crippen LogP contribution < -0.4 is 11.1 Å². The van der Waals surface area contributed by atoms with E-state index in [1.807, 2.05) is 30.3 Å². The van der Waals surface area contributed by atoms with Gasteiger partial charge >= 0.3 is 0 Å². The van der Waals surface area contributed by atoms with Crippen molar-refractivity contribution in [1.82, 2.24) is 4.57 Å². The summed E-state index contributed by atoms with van der Waals surface area (Å²) in [5.41, 5.74) is 7.98. The van der Waals surface area contributed by atoms with Crippen molar-refractivity contribution in [2.45, 2.75) is 6.92 Å². The summed E-state index contributed by atoms with van der Waals surface area (Å²) in [4.78, 5) is 23.3. The van der Waals surface area contributed by atoms with Gasteiger partial charge in [0.15, 0.2) is 0 Å². The Kier molecular flexibility index (Phi) is 3.39. The molecule has 0 aliphatic rings. The third-order valence-corrected chi connectivity index (χ3v) is 3.51. The average Bonchev–Trinajstić information content (AvgIpc) is 2.87. The molecule has 0 saturated carbocycles. The van der Waals surface area contributed by atoms with Crippen LogP contribution in [0.5, 0.6) is 0 Å². The predicted molar refractivity (Wildman–Crippen MR) is 86.5 cm³/mol. The number of nitrogens with zero attached hydrogens (tertiary/aromatic N) is 1. The van der Waals surface area contributed by atoms with E-state index in [0.717, 1.165) is 16.6 Å². The van der Waals surface area contributed by atoms with E-state index in [0.29, 0.717) is 11.3 Å². The van der Waals surface area contributed by atoms with Crippen LogP contribution in [0.25, 0.3) is 10.9 Å². The molecule has 0 fully saturated rings. The number of carbonyl (C=O) groups is 2. The first-order chi connectivity index (χ1) is 10.6. The van der Waals surface area contributed by atoms with Crippen molar-refractivity contribution in [3.8, 4) is 0 Å². The summed E-state index contributed by atoms with van der Waals surface area (Å²) in [5.74, 6) is -0.578. The molecule has 1 amide bonds.